The molecular weight excluding hydrogens is 408 g/mol. The third kappa shape index (κ3) is 3.13. The second kappa shape index (κ2) is 6.96. The molecule has 2 heterocycles. The topological polar surface area (TPSA) is 59.5 Å². The molecule has 0 saturated heterocycles. The van der Waals surface area contributed by atoms with Gasteiger partial charge in [-0.2, -0.15) is 0 Å². The summed E-state index contributed by atoms with van der Waals surface area (Å²) in [5.74, 6) is -0.0220. The number of anilines is 1. The van der Waals surface area contributed by atoms with Gasteiger partial charge in [0, 0.05) is 39.7 Å². The Labute approximate surface area is 164 Å². The number of pyridine rings is 1. The van der Waals surface area contributed by atoms with Crippen LogP contribution in [0.2, 0.25) is 0 Å². The highest BCUT2D eigenvalue weighted by Crippen LogP contribution is 2.32. The number of nitrogens with zero attached hydrogens (tertiary/aromatic N) is 2. The molecule has 2 amide bonds. The molecule has 3 aromatic rings. The predicted octanol–water partition coefficient (Wildman–Crippen LogP) is 4.05. The third-order valence-electron chi connectivity index (χ3n) is 4.50. The Morgan fingerprint density at radius 2 is 1.85 bits per heavy atom. The van der Waals surface area contributed by atoms with E-state index in [-0.39, 0.29) is 18.2 Å². The second-order valence-electron chi connectivity index (χ2n) is 6.12. The fourth-order valence-electron chi connectivity index (χ4n) is 3.22. The maximum absolute atomic E-state index is 12.9. The molecule has 134 valence electrons. The SMILES string of the molecule is COc1ccc2cccnc2c1CC1=CC(=O)N(c2ccc(Br)cc2)C1=O. The van der Waals surface area contributed by atoms with Gasteiger partial charge < -0.3 is 4.74 Å². The van der Waals surface area contributed by atoms with Gasteiger partial charge in [-0.25, -0.2) is 4.90 Å². The van der Waals surface area contributed by atoms with Crippen molar-refractivity contribution >= 4 is 44.3 Å². The minimum Gasteiger partial charge on any atom is -0.496 e. The van der Waals surface area contributed by atoms with Crippen molar-refractivity contribution in [3.05, 3.63) is 76.4 Å². The lowest BCUT2D eigenvalue weighted by Crippen LogP contribution is -2.31. The van der Waals surface area contributed by atoms with Crippen molar-refractivity contribution in [3.63, 3.8) is 0 Å². The summed E-state index contributed by atoms with van der Waals surface area (Å²) in [5, 5.41) is 0.954. The Hall–Kier alpha value is -2.99. The molecule has 1 aromatic heterocycles. The first-order valence-electron chi connectivity index (χ1n) is 8.33. The second-order valence-corrected chi connectivity index (χ2v) is 7.04. The Kier molecular flexibility index (Phi) is 4.49. The molecular formula is C21H15BrN2O3. The van der Waals surface area contributed by atoms with Gasteiger partial charge in [0.05, 0.1) is 18.3 Å². The maximum Gasteiger partial charge on any atom is 0.261 e. The molecule has 1 aliphatic heterocycles. The summed E-state index contributed by atoms with van der Waals surface area (Å²) in [6, 6.07) is 14.7. The summed E-state index contributed by atoms with van der Waals surface area (Å²) in [7, 11) is 1.58. The van der Waals surface area contributed by atoms with Crippen molar-refractivity contribution in [1.82, 2.24) is 4.98 Å². The molecule has 0 aliphatic carbocycles. The van der Waals surface area contributed by atoms with E-state index >= 15 is 0 Å². The normalized spacial score (nSPS) is 14.0. The molecule has 4 rings (SSSR count). The zero-order valence-corrected chi connectivity index (χ0v) is 16.1. The van der Waals surface area contributed by atoms with E-state index in [1.165, 1.54) is 11.0 Å². The third-order valence-corrected chi connectivity index (χ3v) is 5.03. The molecule has 1 aliphatic rings. The van der Waals surface area contributed by atoms with Crippen LogP contribution in [0, 0.1) is 0 Å². The molecule has 0 unspecified atom stereocenters. The van der Waals surface area contributed by atoms with Crippen LogP contribution in [0.1, 0.15) is 5.56 Å². The number of imide groups is 1. The average Bonchev–Trinajstić information content (AvgIpc) is 2.96. The van der Waals surface area contributed by atoms with E-state index in [2.05, 4.69) is 20.9 Å². The van der Waals surface area contributed by atoms with Crippen molar-refractivity contribution in [1.29, 1.82) is 0 Å². The summed E-state index contributed by atoms with van der Waals surface area (Å²) < 4.78 is 6.35. The fraction of sp³-hybridized carbons (Fsp3) is 0.0952. The van der Waals surface area contributed by atoms with E-state index in [9.17, 15) is 9.59 Å². The molecule has 0 spiro atoms. The van der Waals surface area contributed by atoms with Gasteiger partial charge in [0.2, 0.25) is 0 Å². The Morgan fingerprint density at radius 3 is 2.59 bits per heavy atom. The number of carbonyl (C=O) groups is 2. The van der Waals surface area contributed by atoms with Crippen molar-refractivity contribution in [3.8, 4) is 5.75 Å². The van der Waals surface area contributed by atoms with Gasteiger partial charge in [0.1, 0.15) is 5.75 Å². The van der Waals surface area contributed by atoms with E-state index in [0.29, 0.717) is 17.0 Å². The van der Waals surface area contributed by atoms with Crippen molar-refractivity contribution in [2.45, 2.75) is 6.42 Å². The quantitative estimate of drug-likeness (QED) is 0.595. The number of hydrogen-bond acceptors (Lipinski definition) is 4. The summed E-state index contributed by atoms with van der Waals surface area (Å²) >= 11 is 3.36. The Bertz CT molecular complexity index is 1090. The van der Waals surface area contributed by atoms with E-state index in [1.807, 2.05) is 24.3 Å². The zero-order chi connectivity index (χ0) is 19.0. The Balaban J connectivity index is 1.71. The van der Waals surface area contributed by atoms with Crippen LogP contribution in [0.15, 0.2) is 70.8 Å². The summed E-state index contributed by atoms with van der Waals surface area (Å²) in [4.78, 5) is 31.0. The lowest BCUT2D eigenvalue weighted by molar-refractivity contribution is -0.120. The number of fused-ring (bicyclic) bond motifs is 1. The molecule has 0 saturated carbocycles. The maximum atomic E-state index is 12.9. The Morgan fingerprint density at radius 1 is 1.07 bits per heavy atom. The van der Waals surface area contributed by atoms with Gasteiger partial charge in [-0.1, -0.05) is 22.0 Å². The summed E-state index contributed by atoms with van der Waals surface area (Å²) in [6.07, 6.45) is 3.37. The minimum absolute atomic E-state index is 0.273. The highest BCUT2D eigenvalue weighted by Gasteiger charge is 2.33. The van der Waals surface area contributed by atoms with Crippen LogP contribution in [0.4, 0.5) is 5.69 Å². The number of carbonyl (C=O) groups excluding carboxylic acids is 2. The van der Waals surface area contributed by atoms with Gasteiger partial charge in [0.25, 0.3) is 11.8 Å². The number of rotatable bonds is 4. The number of aromatic nitrogens is 1. The van der Waals surface area contributed by atoms with Crippen LogP contribution >= 0.6 is 15.9 Å². The van der Waals surface area contributed by atoms with Crippen LogP contribution in [0.5, 0.6) is 5.75 Å². The van der Waals surface area contributed by atoms with E-state index < -0.39 is 0 Å². The first-order valence-corrected chi connectivity index (χ1v) is 9.13. The van der Waals surface area contributed by atoms with Crippen molar-refractivity contribution < 1.29 is 14.3 Å². The molecule has 0 bridgehead atoms. The zero-order valence-electron chi connectivity index (χ0n) is 14.5. The lowest BCUT2D eigenvalue weighted by atomic mass is 10.0. The molecule has 6 heteroatoms. The number of hydrogen-bond donors (Lipinski definition) is 0. The van der Waals surface area contributed by atoms with E-state index in [0.717, 1.165) is 20.9 Å². The highest BCUT2D eigenvalue weighted by atomic mass is 79.9. The standard InChI is InChI=1S/C21H15BrN2O3/c1-27-18-9-4-13-3-2-10-23-20(13)17(18)11-14-12-19(25)24(21(14)26)16-7-5-15(22)6-8-16/h2-10,12H,11H2,1H3. The van der Waals surface area contributed by atoms with Gasteiger partial charge in [0.15, 0.2) is 0 Å². The van der Waals surface area contributed by atoms with Crippen LogP contribution in [-0.4, -0.2) is 23.9 Å². The largest absolute Gasteiger partial charge is 0.496 e. The van der Waals surface area contributed by atoms with Crippen molar-refractivity contribution in [2.75, 3.05) is 12.0 Å². The number of halogens is 1. The monoisotopic (exact) mass is 422 g/mol. The van der Waals surface area contributed by atoms with Gasteiger partial charge in [-0.15, -0.1) is 0 Å². The predicted molar refractivity (Wildman–Crippen MR) is 107 cm³/mol. The van der Waals surface area contributed by atoms with E-state index in [4.69, 9.17) is 4.74 Å². The van der Waals surface area contributed by atoms with Crippen LogP contribution in [-0.2, 0) is 16.0 Å². The van der Waals surface area contributed by atoms with E-state index in [1.54, 1.807) is 37.6 Å². The molecule has 27 heavy (non-hydrogen) atoms. The molecule has 2 aromatic carbocycles. The van der Waals surface area contributed by atoms with Gasteiger partial charge >= 0.3 is 0 Å². The van der Waals surface area contributed by atoms with Crippen LogP contribution in [0.3, 0.4) is 0 Å². The van der Waals surface area contributed by atoms with Crippen molar-refractivity contribution in [2.24, 2.45) is 0 Å². The molecule has 5 nitrogen and oxygen atoms in total. The first-order chi connectivity index (χ1) is 13.1. The van der Waals surface area contributed by atoms with Gasteiger partial charge in [-0.3, -0.25) is 14.6 Å². The fourth-order valence-corrected chi connectivity index (χ4v) is 3.48. The minimum atomic E-state index is -0.343. The van der Waals surface area contributed by atoms with Gasteiger partial charge in [-0.05, 0) is 42.5 Å². The smallest absolute Gasteiger partial charge is 0.261 e. The molecule has 0 atom stereocenters. The summed E-state index contributed by atoms with van der Waals surface area (Å²) in [5.41, 5.74) is 2.52. The molecule has 0 radical (unpaired) electrons. The number of ether oxygens (including phenoxy) is 1. The first kappa shape index (κ1) is 17.4. The van der Waals surface area contributed by atoms with Crippen LogP contribution in [0.25, 0.3) is 10.9 Å². The van der Waals surface area contributed by atoms with Crippen LogP contribution < -0.4 is 9.64 Å². The lowest BCUT2D eigenvalue weighted by Gasteiger charge is -2.16. The average molecular weight is 423 g/mol. The highest BCUT2D eigenvalue weighted by molar-refractivity contribution is 9.10. The number of amides is 2. The molecule has 0 fully saturated rings. The summed E-state index contributed by atoms with van der Waals surface area (Å²) in [6.45, 7) is 0. The number of methoxy groups -OCH3 is 1. The molecule has 0 N–H and O–H groups in total. The number of benzene rings is 2.